The van der Waals surface area contributed by atoms with Gasteiger partial charge < -0.3 is 10.1 Å². The van der Waals surface area contributed by atoms with Crippen LogP contribution in [0.15, 0.2) is 57.9 Å². The van der Waals surface area contributed by atoms with Crippen molar-refractivity contribution in [1.29, 1.82) is 0 Å². The van der Waals surface area contributed by atoms with Crippen LogP contribution in [0.5, 0.6) is 0 Å². The molecular formula is C24H31BrN2O4S. The van der Waals surface area contributed by atoms with Gasteiger partial charge in [0.25, 0.3) is 10.0 Å². The summed E-state index contributed by atoms with van der Waals surface area (Å²) >= 11 is 3.37. The Labute approximate surface area is 199 Å². The van der Waals surface area contributed by atoms with E-state index in [1.165, 1.54) is 19.3 Å². The second-order valence-corrected chi connectivity index (χ2v) is 10.9. The molecule has 32 heavy (non-hydrogen) atoms. The van der Waals surface area contributed by atoms with Gasteiger partial charge in [0.2, 0.25) is 5.91 Å². The second-order valence-electron chi connectivity index (χ2n) is 8.14. The number of hydrogen-bond donors (Lipinski definition) is 1. The molecule has 0 heterocycles. The third kappa shape index (κ3) is 7.05. The SMILES string of the molecule is Cc1ccc(S(=O)(=O)N(CC(=O)NCCCOC2CCCCC2)c2ccc(Br)cc2)cc1. The van der Waals surface area contributed by atoms with Gasteiger partial charge in [-0.25, -0.2) is 8.42 Å². The largest absolute Gasteiger partial charge is 0.378 e. The molecule has 6 nitrogen and oxygen atoms in total. The number of nitrogens with zero attached hydrogens (tertiary/aromatic N) is 1. The highest BCUT2D eigenvalue weighted by Gasteiger charge is 2.27. The van der Waals surface area contributed by atoms with Crippen molar-refractivity contribution in [1.82, 2.24) is 5.32 Å². The lowest BCUT2D eigenvalue weighted by Crippen LogP contribution is -2.41. The van der Waals surface area contributed by atoms with E-state index in [1.807, 2.05) is 6.92 Å². The molecule has 2 aromatic rings. The van der Waals surface area contributed by atoms with Crippen molar-refractivity contribution in [2.75, 3.05) is 24.0 Å². The first-order valence-corrected chi connectivity index (χ1v) is 13.3. The second kappa shape index (κ2) is 11.8. The molecular weight excluding hydrogens is 492 g/mol. The van der Waals surface area contributed by atoms with Crippen molar-refractivity contribution in [3.63, 3.8) is 0 Å². The maximum atomic E-state index is 13.3. The predicted molar refractivity (Wildman–Crippen MR) is 130 cm³/mol. The third-order valence-corrected chi connectivity index (χ3v) is 7.88. The van der Waals surface area contributed by atoms with Gasteiger partial charge in [0.05, 0.1) is 16.7 Å². The number of amides is 1. The van der Waals surface area contributed by atoms with Crippen LogP contribution in [0.2, 0.25) is 0 Å². The van der Waals surface area contributed by atoms with Gasteiger partial charge in [-0.1, -0.05) is 52.9 Å². The molecule has 1 N–H and O–H groups in total. The van der Waals surface area contributed by atoms with Gasteiger partial charge in [-0.3, -0.25) is 9.10 Å². The zero-order valence-electron chi connectivity index (χ0n) is 18.4. The Kier molecular flexibility index (Phi) is 9.13. The van der Waals surface area contributed by atoms with Gasteiger partial charge in [-0.15, -0.1) is 0 Å². The van der Waals surface area contributed by atoms with Crippen LogP contribution in [0.3, 0.4) is 0 Å². The van der Waals surface area contributed by atoms with Crippen LogP contribution in [0.4, 0.5) is 5.69 Å². The molecule has 174 valence electrons. The van der Waals surface area contributed by atoms with Gasteiger partial charge in [-0.05, 0) is 62.6 Å². The highest BCUT2D eigenvalue weighted by molar-refractivity contribution is 9.10. The first-order valence-electron chi connectivity index (χ1n) is 11.1. The summed E-state index contributed by atoms with van der Waals surface area (Å²) in [6.07, 6.45) is 7.01. The summed E-state index contributed by atoms with van der Waals surface area (Å²) in [5.41, 5.74) is 1.40. The molecule has 2 aromatic carbocycles. The highest BCUT2D eigenvalue weighted by atomic mass is 79.9. The van der Waals surface area contributed by atoms with E-state index in [0.717, 1.165) is 27.2 Å². The third-order valence-electron chi connectivity index (χ3n) is 5.56. The van der Waals surface area contributed by atoms with E-state index in [1.54, 1.807) is 48.5 Å². The summed E-state index contributed by atoms with van der Waals surface area (Å²) < 4.78 is 34.5. The molecule has 1 saturated carbocycles. The normalized spacial score (nSPS) is 14.8. The van der Waals surface area contributed by atoms with E-state index in [9.17, 15) is 13.2 Å². The van der Waals surface area contributed by atoms with Gasteiger partial charge in [0.1, 0.15) is 6.54 Å². The number of rotatable bonds is 10. The zero-order valence-corrected chi connectivity index (χ0v) is 20.8. The van der Waals surface area contributed by atoms with Gasteiger partial charge in [-0.2, -0.15) is 0 Å². The minimum atomic E-state index is -3.90. The van der Waals surface area contributed by atoms with E-state index in [2.05, 4.69) is 21.2 Å². The summed E-state index contributed by atoms with van der Waals surface area (Å²) in [6.45, 7) is 2.66. The molecule has 0 unspecified atom stereocenters. The van der Waals surface area contributed by atoms with Crippen molar-refractivity contribution in [2.45, 2.75) is 56.4 Å². The molecule has 0 aromatic heterocycles. The number of aryl methyl sites for hydroxylation is 1. The van der Waals surface area contributed by atoms with E-state index in [0.29, 0.717) is 31.4 Å². The van der Waals surface area contributed by atoms with E-state index in [-0.39, 0.29) is 17.3 Å². The van der Waals surface area contributed by atoms with Crippen LogP contribution in [-0.4, -0.2) is 40.1 Å². The minimum Gasteiger partial charge on any atom is -0.378 e. The van der Waals surface area contributed by atoms with Crippen molar-refractivity contribution in [3.8, 4) is 0 Å². The number of benzene rings is 2. The van der Waals surface area contributed by atoms with Crippen LogP contribution in [0, 0.1) is 6.92 Å². The first-order chi connectivity index (χ1) is 15.4. The lowest BCUT2D eigenvalue weighted by molar-refractivity contribution is -0.119. The fraction of sp³-hybridized carbons (Fsp3) is 0.458. The average molecular weight is 523 g/mol. The number of halogens is 1. The molecule has 1 fully saturated rings. The van der Waals surface area contributed by atoms with Crippen molar-refractivity contribution in [2.24, 2.45) is 0 Å². The van der Waals surface area contributed by atoms with Gasteiger partial charge in [0, 0.05) is 17.6 Å². The van der Waals surface area contributed by atoms with E-state index < -0.39 is 10.0 Å². The Morgan fingerprint density at radius 3 is 2.38 bits per heavy atom. The van der Waals surface area contributed by atoms with Crippen molar-refractivity contribution in [3.05, 3.63) is 58.6 Å². The number of carbonyl (C=O) groups is 1. The molecule has 1 aliphatic rings. The number of carbonyl (C=O) groups excluding carboxylic acids is 1. The van der Waals surface area contributed by atoms with Crippen LogP contribution >= 0.6 is 15.9 Å². The molecule has 3 rings (SSSR count). The van der Waals surface area contributed by atoms with Crippen LogP contribution in [0.25, 0.3) is 0 Å². The summed E-state index contributed by atoms with van der Waals surface area (Å²) in [4.78, 5) is 12.8. The molecule has 0 atom stereocenters. The van der Waals surface area contributed by atoms with Crippen molar-refractivity contribution >= 4 is 37.5 Å². The van der Waals surface area contributed by atoms with Gasteiger partial charge in [0.15, 0.2) is 0 Å². The Morgan fingerprint density at radius 1 is 1.06 bits per heavy atom. The Balaban J connectivity index is 1.61. The molecule has 1 aliphatic carbocycles. The number of sulfonamides is 1. The van der Waals surface area contributed by atoms with E-state index in [4.69, 9.17) is 4.74 Å². The number of anilines is 1. The monoisotopic (exact) mass is 522 g/mol. The number of hydrogen-bond acceptors (Lipinski definition) is 4. The summed E-state index contributed by atoms with van der Waals surface area (Å²) in [5.74, 6) is -0.346. The topological polar surface area (TPSA) is 75.7 Å². The molecule has 1 amide bonds. The number of ether oxygens (including phenoxy) is 1. The maximum absolute atomic E-state index is 13.3. The molecule has 0 saturated heterocycles. The lowest BCUT2D eigenvalue weighted by atomic mass is 9.98. The van der Waals surface area contributed by atoms with Crippen LogP contribution in [-0.2, 0) is 19.6 Å². The molecule has 0 radical (unpaired) electrons. The quantitative estimate of drug-likeness (QED) is 0.454. The summed E-state index contributed by atoms with van der Waals surface area (Å²) in [7, 11) is -3.90. The molecule has 0 aliphatic heterocycles. The zero-order chi connectivity index (χ0) is 23.0. The smallest absolute Gasteiger partial charge is 0.264 e. The average Bonchev–Trinajstić information content (AvgIpc) is 2.79. The minimum absolute atomic E-state index is 0.153. The molecule has 0 bridgehead atoms. The summed E-state index contributed by atoms with van der Waals surface area (Å²) in [6, 6.07) is 13.5. The van der Waals surface area contributed by atoms with Gasteiger partial charge >= 0.3 is 0 Å². The first kappa shape index (κ1) is 24.7. The van der Waals surface area contributed by atoms with Crippen LogP contribution < -0.4 is 9.62 Å². The Hall–Kier alpha value is -1.90. The maximum Gasteiger partial charge on any atom is 0.264 e. The highest BCUT2D eigenvalue weighted by Crippen LogP contribution is 2.25. The fourth-order valence-electron chi connectivity index (χ4n) is 3.73. The Morgan fingerprint density at radius 2 is 1.72 bits per heavy atom. The number of nitrogens with one attached hydrogen (secondary N) is 1. The molecule has 0 spiro atoms. The van der Waals surface area contributed by atoms with E-state index >= 15 is 0 Å². The Bertz CT molecular complexity index is 972. The van der Waals surface area contributed by atoms with Crippen molar-refractivity contribution < 1.29 is 17.9 Å². The molecule has 8 heteroatoms. The van der Waals surface area contributed by atoms with Crippen LogP contribution in [0.1, 0.15) is 44.1 Å². The fourth-order valence-corrected chi connectivity index (χ4v) is 5.41. The summed E-state index contributed by atoms with van der Waals surface area (Å²) in [5, 5.41) is 2.83. The lowest BCUT2D eigenvalue weighted by Gasteiger charge is -2.24. The predicted octanol–water partition coefficient (Wildman–Crippen LogP) is 4.81. The standard InChI is InChI=1S/C24H31BrN2O4S/c1-19-8-14-23(15-9-19)32(29,30)27(21-12-10-20(25)11-13-21)18-24(28)26-16-5-17-31-22-6-3-2-4-7-22/h8-15,22H,2-7,16-18H2,1H3,(H,26,28).